The summed E-state index contributed by atoms with van der Waals surface area (Å²) < 4.78 is 5.25. The maximum atomic E-state index is 5.45. The molecule has 1 aromatic carbocycles. The van der Waals surface area contributed by atoms with Gasteiger partial charge in [0.2, 0.25) is 0 Å². The molecule has 12 heavy (non-hydrogen) atoms. The van der Waals surface area contributed by atoms with Gasteiger partial charge >= 0.3 is 0 Å². The van der Waals surface area contributed by atoms with E-state index >= 15 is 0 Å². The molecular formula is C10H15NO. The van der Waals surface area contributed by atoms with Crippen LogP contribution in [-0.4, -0.2) is 6.23 Å². The van der Waals surface area contributed by atoms with Gasteiger partial charge in [-0.05, 0) is 19.4 Å². The Morgan fingerprint density at radius 2 is 1.92 bits per heavy atom. The van der Waals surface area contributed by atoms with Crippen LogP contribution in [0.3, 0.4) is 0 Å². The third kappa shape index (κ3) is 3.03. The van der Waals surface area contributed by atoms with Crippen molar-refractivity contribution in [2.24, 2.45) is 5.73 Å². The van der Waals surface area contributed by atoms with Crippen molar-refractivity contribution in [1.29, 1.82) is 0 Å². The van der Waals surface area contributed by atoms with Crippen LogP contribution in [0, 0.1) is 6.92 Å². The van der Waals surface area contributed by atoms with Crippen LogP contribution in [0.2, 0.25) is 0 Å². The van der Waals surface area contributed by atoms with Crippen LogP contribution in [0.15, 0.2) is 24.3 Å². The van der Waals surface area contributed by atoms with Crippen molar-refractivity contribution in [2.45, 2.75) is 26.7 Å². The second kappa shape index (κ2) is 4.24. The Bertz CT molecular complexity index is 228. The topological polar surface area (TPSA) is 35.2 Å². The molecule has 0 bridgehead atoms. The zero-order chi connectivity index (χ0) is 8.97. The van der Waals surface area contributed by atoms with E-state index in [4.69, 9.17) is 10.5 Å². The molecule has 0 amide bonds. The molecule has 1 atom stereocenters. The van der Waals surface area contributed by atoms with Gasteiger partial charge < -0.3 is 10.5 Å². The Labute approximate surface area is 73.3 Å². The SMILES string of the molecule is Cc1ccc(COC(C)N)cc1. The summed E-state index contributed by atoms with van der Waals surface area (Å²) in [4.78, 5) is 0. The van der Waals surface area contributed by atoms with Gasteiger partial charge in [-0.2, -0.15) is 0 Å². The van der Waals surface area contributed by atoms with Gasteiger partial charge in [0.25, 0.3) is 0 Å². The summed E-state index contributed by atoms with van der Waals surface area (Å²) in [6.07, 6.45) is -0.189. The van der Waals surface area contributed by atoms with Crippen molar-refractivity contribution in [3.8, 4) is 0 Å². The van der Waals surface area contributed by atoms with E-state index in [1.54, 1.807) is 0 Å². The highest BCUT2D eigenvalue weighted by Crippen LogP contribution is 2.04. The van der Waals surface area contributed by atoms with Crippen molar-refractivity contribution in [2.75, 3.05) is 0 Å². The third-order valence-corrected chi connectivity index (χ3v) is 1.63. The zero-order valence-electron chi connectivity index (χ0n) is 7.58. The maximum absolute atomic E-state index is 5.45. The van der Waals surface area contributed by atoms with Gasteiger partial charge in [-0.1, -0.05) is 29.8 Å². The average molecular weight is 165 g/mol. The molecule has 0 saturated heterocycles. The fourth-order valence-electron chi connectivity index (χ4n) is 0.912. The van der Waals surface area contributed by atoms with Gasteiger partial charge in [0.15, 0.2) is 0 Å². The van der Waals surface area contributed by atoms with Crippen LogP contribution in [0.4, 0.5) is 0 Å². The van der Waals surface area contributed by atoms with E-state index in [2.05, 4.69) is 31.2 Å². The molecule has 0 aromatic heterocycles. The lowest BCUT2D eigenvalue weighted by molar-refractivity contribution is 0.0576. The monoisotopic (exact) mass is 165 g/mol. The lowest BCUT2D eigenvalue weighted by Gasteiger charge is -2.07. The number of aryl methyl sites for hydroxylation is 1. The van der Waals surface area contributed by atoms with Crippen molar-refractivity contribution in [3.63, 3.8) is 0 Å². The molecule has 2 nitrogen and oxygen atoms in total. The summed E-state index contributed by atoms with van der Waals surface area (Å²) in [6, 6.07) is 8.25. The Morgan fingerprint density at radius 1 is 1.33 bits per heavy atom. The van der Waals surface area contributed by atoms with Gasteiger partial charge in [0.05, 0.1) is 6.61 Å². The van der Waals surface area contributed by atoms with E-state index in [1.807, 2.05) is 6.92 Å². The number of hydrogen-bond acceptors (Lipinski definition) is 2. The normalized spacial score (nSPS) is 12.9. The number of nitrogens with two attached hydrogens (primary N) is 1. The van der Waals surface area contributed by atoms with Gasteiger partial charge in [0.1, 0.15) is 6.23 Å². The summed E-state index contributed by atoms with van der Waals surface area (Å²) >= 11 is 0. The van der Waals surface area contributed by atoms with E-state index in [-0.39, 0.29) is 6.23 Å². The molecule has 0 fully saturated rings. The van der Waals surface area contributed by atoms with Crippen molar-refractivity contribution in [3.05, 3.63) is 35.4 Å². The Hall–Kier alpha value is -0.860. The largest absolute Gasteiger partial charge is 0.359 e. The Kier molecular flexibility index (Phi) is 3.26. The molecule has 66 valence electrons. The summed E-state index contributed by atoms with van der Waals surface area (Å²) in [5.74, 6) is 0. The number of rotatable bonds is 3. The Morgan fingerprint density at radius 3 is 2.42 bits per heavy atom. The second-order valence-corrected chi connectivity index (χ2v) is 3.00. The molecular weight excluding hydrogens is 150 g/mol. The van der Waals surface area contributed by atoms with Crippen LogP contribution in [0.25, 0.3) is 0 Å². The number of hydrogen-bond donors (Lipinski definition) is 1. The molecule has 1 aromatic rings. The lowest BCUT2D eigenvalue weighted by Crippen LogP contribution is -2.18. The molecule has 0 saturated carbocycles. The summed E-state index contributed by atoms with van der Waals surface area (Å²) in [5.41, 5.74) is 7.88. The van der Waals surface area contributed by atoms with Gasteiger partial charge in [-0.3, -0.25) is 0 Å². The van der Waals surface area contributed by atoms with Crippen molar-refractivity contribution < 1.29 is 4.74 Å². The van der Waals surface area contributed by atoms with E-state index in [0.717, 1.165) is 5.56 Å². The number of ether oxygens (including phenoxy) is 1. The number of benzene rings is 1. The van der Waals surface area contributed by atoms with E-state index in [0.29, 0.717) is 6.61 Å². The first-order valence-electron chi connectivity index (χ1n) is 4.11. The van der Waals surface area contributed by atoms with Crippen LogP contribution < -0.4 is 5.73 Å². The first kappa shape index (κ1) is 9.23. The van der Waals surface area contributed by atoms with Gasteiger partial charge in [-0.15, -0.1) is 0 Å². The van der Waals surface area contributed by atoms with Crippen molar-refractivity contribution in [1.82, 2.24) is 0 Å². The molecule has 0 aliphatic heterocycles. The van der Waals surface area contributed by atoms with Crippen LogP contribution in [0.1, 0.15) is 18.1 Å². The predicted molar refractivity (Wildman–Crippen MR) is 49.6 cm³/mol. The third-order valence-electron chi connectivity index (χ3n) is 1.63. The lowest BCUT2D eigenvalue weighted by atomic mass is 10.2. The molecule has 0 radical (unpaired) electrons. The van der Waals surface area contributed by atoms with Gasteiger partial charge in [-0.25, -0.2) is 0 Å². The molecule has 2 heteroatoms. The Balaban J connectivity index is 2.48. The summed E-state index contributed by atoms with van der Waals surface area (Å²) in [7, 11) is 0. The first-order valence-corrected chi connectivity index (χ1v) is 4.11. The molecule has 1 unspecified atom stereocenters. The van der Waals surface area contributed by atoms with Crippen LogP contribution in [-0.2, 0) is 11.3 Å². The molecule has 0 aliphatic carbocycles. The van der Waals surface area contributed by atoms with E-state index < -0.39 is 0 Å². The van der Waals surface area contributed by atoms with E-state index in [9.17, 15) is 0 Å². The molecule has 0 aliphatic rings. The minimum absolute atomic E-state index is 0.189. The quantitative estimate of drug-likeness (QED) is 0.693. The molecule has 0 spiro atoms. The van der Waals surface area contributed by atoms with E-state index in [1.165, 1.54) is 5.56 Å². The average Bonchev–Trinajstić information content (AvgIpc) is 2.03. The molecule has 0 heterocycles. The summed E-state index contributed by atoms with van der Waals surface area (Å²) in [5, 5.41) is 0. The highest BCUT2D eigenvalue weighted by molar-refractivity contribution is 5.20. The smallest absolute Gasteiger partial charge is 0.103 e. The molecule has 2 N–H and O–H groups in total. The summed E-state index contributed by atoms with van der Waals surface area (Å²) in [6.45, 7) is 4.49. The molecule has 1 rings (SSSR count). The minimum Gasteiger partial charge on any atom is -0.359 e. The standard InChI is InChI=1S/C10H15NO/c1-8-3-5-10(6-4-8)7-12-9(2)11/h3-6,9H,7,11H2,1-2H3. The predicted octanol–water partition coefficient (Wildman–Crippen LogP) is 1.82. The zero-order valence-corrected chi connectivity index (χ0v) is 7.58. The minimum atomic E-state index is -0.189. The fraction of sp³-hybridized carbons (Fsp3) is 0.400. The first-order chi connectivity index (χ1) is 5.68. The highest BCUT2D eigenvalue weighted by Gasteiger charge is 1.94. The fourth-order valence-corrected chi connectivity index (χ4v) is 0.912. The van der Waals surface area contributed by atoms with Crippen LogP contribution >= 0.6 is 0 Å². The second-order valence-electron chi connectivity index (χ2n) is 3.00. The van der Waals surface area contributed by atoms with Crippen molar-refractivity contribution >= 4 is 0 Å². The highest BCUT2D eigenvalue weighted by atomic mass is 16.5. The van der Waals surface area contributed by atoms with Crippen LogP contribution in [0.5, 0.6) is 0 Å². The maximum Gasteiger partial charge on any atom is 0.103 e. The van der Waals surface area contributed by atoms with Gasteiger partial charge in [0, 0.05) is 0 Å².